The van der Waals surface area contributed by atoms with E-state index in [-0.39, 0.29) is 18.9 Å². The molecule has 1 rings (SSSR count). The lowest BCUT2D eigenvalue weighted by molar-refractivity contribution is -0.137. The Morgan fingerprint density at radius 3 is 2.86 bits per heavy atom. The van der Waals surface area contributed by atoms with Crippen LogP contribution in [0, 0.1) is 0 Å². The quantitative estimate of drug-likeness (QED) is 0.626. The summed E-state index contributed by atoms with van der Waals surface area (Å²) in [5.74, 6) is -1.45. The van der Waals surface area contributed by atoms with E-state index in [1.807, 2.05) is 0 Å². The van der Waals surface area contributed by atoms with Crippen LogP contribution in [0.15, 0.2) is 5.38 Å². The normalized spacial score (nSPS) is 9.71. The Morgan fingerprint density at radius 1 is 1.64 bits per heavy atom. The third kappa shape index (κ3) is 3.40. The average Bonchev–Trinajstić information content (AvgIpc) is 2.48. The van der Waals surface area contributed by atoms with Gasteiger partial charge < -0.3 is 16.2 Å². The van der Waals surface area contributed by atoms with Gasteiger partial charge in [-0.15, -0.1) is 11.3 Å². The Kier molecular flexibility index (Phi) is 3.41. The first-order chi connectivity index (χ1) is 6.58. The number of hydrogen-bond acceptors (Lipinski definition) is 5. The molecule has 0 unspecified atom stereocenters. The molecule has 0 aliphatic heterocycles. The molecule has 1 aromatic heterocycles. The van der Waals surface area contributed by atoms with E-state index in [0.29, 0.717) is 10.8 Å². The topological polar surface area (TPSA) is 105 Å². The van der Waals surface area contributed by atoms with Crippen molar-refractivity contribution in [3.63, 3.8) is 0 Å². The fourth-order valence-corrected chi connectivity index (χ4v) is 1.37. The van der Waals surface area contributed by atoms with Gasteiger partial charge in [0.25, 0.3) is 0 Å². The number of anilines is 1. The van der Waals surface area contributed by atoms with Gasteiger partial charge in [-0.1, -0.05) is 0 Å². The summed E-state index contributed by atoms with van der Waals surface area (Å²) in [7, 11) is 0. The summed E-state index contributed by atoms with van der Waals surface area (Å²) >= 11 is 1.24. The molecule has 0 aliphatic carbocycles. The number of nitrogens with zero attached hydrogens (tertiary/aromatic N) is 1. The molecule has 1 amide bonds. The predicted molar refractivity (Wildman–Crippen MR) is 50.9 cm³/mol. The molecule has 4 N–H and O–H groups in total. The van der Waals surface area contributed by atoms with Crippen molar-refractivity contribution in [2.75, 3.05) is 12.3 Å². The molecule has 1 heterocycles. The first-order valence-corrected chi connectivity index (χ1v) is 4.64. The average molecular weight is 215 g/mol. The standard InChI is InChI=1S/C7H9N3O3S/c8-7-10-4(3-14-7)1-5(11)9-2-6(12)13/h3H,1-2H2,(H2,8,10)(H,9,11)(H,12,13). The summed E-state index contributed by atoms with van der Waals surface area (Å²) in [5.41, 5.74) is 5.91. The van der Waals surface area contributed by atoms with E-state index in [4.69, 9.17) is 10.8 Å². The third-order valence-electron chi connectivity index (χ3n) is 1.35. The van der Waals surface area contributed by atoms with Crippen molar-refractivity contribution < 1.29 is 14.7 Å². The molecule has 14 heavy (non-hydrogen) atoms. The molecule has 6 nitrogen and oxygen atoms in total. The number of rotatable bonds is 4. The fraction of sp³-hybridized carbons (Fsp3) is 0.286. The maximum Gasteiger partial charge on any atom is 0.322 e. The minimum Gasteiger partial charge on any atom is -0.480 e. The molecule has 0 atom stereocenters. The molecule has 7 heteroatoms. The number of nitrogens with two attached hydrogens (primary N) is 1. The van der Waals surface area contributed by atoms with Crippen LogP contribution in [0.5, 0.6) is 0 Å². The van der Waals surface area contributed by atoms with Crippen LogP contribution in [-0.2, 0) is 16.0 Å². The van der Waals surface area contributed by atoms with Crippen molar-refractivity contribution in [1.82, 2.24) is 10.3 Å². The Morgan fingerprint density at radius 2 is 2.36 bits per heavy atom. The number of aliphatic carboxylic acids is 1. The molecule has 0 bridgehead atoms. The Hall–Kier alpha value is -1.63. The SMILES string of the molecule is Nc1nc(CC(=O)NCC(=O)O)cs1. The van der Waals surface area contributed by atoms with E-state index in [2.05, 4.69) is 10.3 Å². The molecule has 0 fully saturated rings. The van der Waals surface area contributed by atoms with Crippen LogP contribution in [0.25, 0.3) is 0 Å². The maximum absolute atomic E-state index is 11.1. The molecular formula is C7H9N3O3S. The summed E-state index contributed by atoms with van der Waals surface area (Å²) in [5, 5.41) is 12.6. The number of hydrogen-bond donors (Lipinski definition) is 3. The van der Waals surface area contributed by atoms with E-state index in [1.165, 1.54) is 11.3 Å². The third-order valence-corrected chi connectivity index (χ3v) is 2.07. The van der Waals surface area contributed by atoms with Crippen LogP contribution in [0.1, 0.15) is 5.69 Å². The van der Waals surface area contributed by atoms with Crippen LogP contribution in [-0.4, -0.2) is 28.5 Å². The maximum atomic E-state index is 11.1. The van der Waals surface area contributed by atoms with Crippen molar-refractivity contribution in [3.8, 4) is 0 Å². The highest BCUT2D eigenvalue weighted by atomic mass is 32.1. The van der Waals surface area contributed by atoms with Crippen molar-refractivity contribution in [1.29, 1.82) is 0 Å². The fourth-order valence-electron chi connectivity index (χ4n) is 0.805. The van der Waals surface area contributed by atoms with Gasteiger partial charge in [0.1, 0.15) is 6.54 Å². The van der Waals surface area contributed by atoms with Gasteiger partial charge in [0.05, 0.1) is 12.1 Å². The molecule has 0 saturated carbocycles. The number of carboxylic acids is 1. The summed E-state index contributed by atoms with van der Waals surface area (Å²) in [6.45, 7) is -0.377. The largest absolute Gasteiger partial charge is 0.480 e. The molecular weight excluding hydrogens is 206 g/mol. The van der Waals surface area contributed by atoms with E-state index in [9.17, 15) is 9.59 Å². The Labute approximate surface area is 83.8 Å². The van der Waals surface area contributed by atoms with E-state index in [1.54, 1.807) is 5.38 Å². The number of carbonyl (C=O) groups is 2. The van der Waals surface area contributed by atoms with Crippen molar-refractivity contribution in [2.45, 2.75) is 6.42 Å². The Balaban J connectivity index is 2.37. The number of amides is 1. The number of carbonyl (C=O) groups excluding carboxylic acids is 1. The van der Waals surface area contributed by atoms with Gasteiger partial charge in [0.2, 0.25) is 5.91 Å². The predicted octanol–water partition coefficient (Wildman–Crippen LogP) is -0.531. The zero-order valence-electron chi connectivity index (χ0n) is 7.19. The van der Waals surface area contributed by atoms with Crippen LogP contribution in [0.3, 0.4) is 0 Å². The second kappa shape index (κ2) is 4.56. The molecule has 0 aliphatic rings. The second-order valence-corrected chi connectivity index (χ2v) is 3.41. The Bertz CT molecular complexity index is 350. The lowest BCUT2D eigenvalue weighted by Crippen LogP contribution is -2.30. The minimum atomic E-state index is -1.07. The number of thiazole rings is 1. The van der Waals surface area contributed by atoms with Gasteiger partial charge in [0, 0.05) is 5.38 Å². The van der Waals surface area contributed by atoms with Gasteiger partial charge >= 0.3 is 5.97 Å². The second-order valence-electron chi connectivity index (χ2n) is 2.52. The first kappa shape index (κ1) is 10.5. The number of nitrogen functional groups attached to an aromatic ring is 1. The minimum absolute atomic E-state index is 0.0565. The van der Waals surface area contributed by atoms with E-state index >= 15 is 0 Å². The summed E-state index contributed by atoms with van der Waals surface area (Å²) in [4.78, 5) is 25.1. The van der Waals surface area contributed by atoms with Crippen molar-refractivity contribution >= 4 is 28.3 Å². The van der Waals surface area contributed by atoms with Crippen LogP contribution in [0.4, 0.5) is 5.13 Å². The van der Waals surface area contributed by atoms with Gasteiger partial charge in [-0.25, -0.2) is 4.98 Å². The summed E-state index contributed by atoms with van der Waals surface area (Å²) in [6, 6.07) is 0. The summed E-state index contributed by atoms with van der Waals surface area (Å²) < 4.78 is 0. The molecule has 1 aromatic rings. The van der Waals surface area contributed by atoms with Gasteiger partial charge in [-0.2, -0.15) is 0 Å². The molecule has 0 saturated heterocycles. The van der Waals surface area contributed by atoms with Gasteiger partial charge in [0.15, 0.2) is 5.13 Å². The monoisotopic (exact) mass is 215 g/mol. The smallest absolute Gasteiger partial charge is 0.322 e. The lowest BCUT2D eigenvalue weighted by atomic mass is 10.3. The molecule has 76 valence electrons. The molecule has 0 spiro atoms. The molecule has 0 aromatic carbocycles. The number of aromatic nitrogens is 1. The zero-order valence-corrected chi connectivity index (χ0v) is 8.00. The van der Waals surface area contributed by atoms with Crippen LogP contribution < -0.4 is 11.1 Å². The van der Waals surface area contributed by atoms with Crippen molar-refractivity contribution in [2.24, 2.45) is 0 Å². The lowest BCUT2D eigenvalue weighted by Gasteiger charge is -1.98. The summed E-state index contributed by atoms with van der Waals surface area (Å²) in [6.07, 6.45) is 0.0565. The number of nitrogens with one attached hydrogen (secondary N) is 1. The highest BCUT2D eigenvalue weighted by molar-refractivity contribution is 7.13. The van der Waals surface area contributed by atoms with Crippen LogP contribution in [0.2, 0.25) is 0 Å². The zero-order chi connectivity index (χ0) is 10.6. The van der Waals surface area contributed by atoms with E-state index in [0.717, 1.165) is 0 Å². The first-order valence-electron chi connectivity index (χ1n) is 3.76. The van der Waals surface area contributed by atoms with Gasteiger partial charge in [-0.3, -0.25) is 9.59 Å². The highest BCUT2D eigenvalue weighted by Crippen LogP contribution is 2.10. The van der Waals surface area contributed by atoms with Gasteiger partial charge in [-0.05, 0) is 0 Å². The highest BCUT2D eigenvalue weighted by Gasteiger charge is 2.07. The van der Waals surface area contributed by atoms with E-state index < -0.39 is 5.97 Å². The van der Waals surface area contributed by atoms with Crippen molar-refractivity contribution in [3.05, 3.63) is 11.1 Å². The van der Waals surface area contributed by atoms with Crippen LogP contribution >= 0.6 is 11.3 Å². The molecule has 0 radical (unpaired) electrons. The number of carboxylic acid groups (broad SMARTS) is 1.